The van der Waals surface area contributed by atoms with Gasteiger partial charge in [0.1, 0.15) is 17.3 Å². The van der Waals surface area contributed by atoms with E-state index >= 15 is 0 Å². The molecule has 10 rings (SSSR count). The molecule has 2 heterocycles. The van der Waals surface area contributed by atoms with E-state index in [0.29, 0.717) is 5.56 Å². The van der Waals surface area contributed by atoms with E-state index in [9.17, 15) is 5.26 Å². The SMILES string of the molecule is N#Cc1ccc(-c2ccc3c(c2)-c2c(-n4c(-c5ccccc5)nc5ccccc54)cccc2C32c3ccccc3Oc3ccccc32)cc1. The average Bonchev–Trinajstić information content (AvgIpc) is 3.70. The normalized spacial score (nSPS) is 13.2. The molecule has 1 aliphatic heterocycles. The lowest BCUT2D eigenvalue weighted by molar-refractivity contribution is 0.436. The summed E-state index contributed by atoms with van der Waals surface area (Å²) in [5.41, 5.74) is 13.3. The Morgan fingerprint density at radius 1 is 0.551 bits per heavy atom. The molecule has 7 aromatic carbocycles. The highest BCUT2D eigenvalue weighted by Crippen LogP contribution is 2.63. The molecule has 0 fully saturated rings. The van der Waals surface area contributed by atoms with Crippen LogP contribution in [0.4, 0.5) is 0 Å². The van der Waals surface area contributed by atoms with Crippen molar-refractivity contribution in [3.63, 3.8) is 0 Å². The number of hydrogen-bond acceptors (Lipinski definition) is 3. The molecular weight excluding hydrogens is 599 g/mol. The zero-order valence-corrected chi connectivity index (χ0v) is 26.3. The minimum absolute atomic E-state index is 0.612. The van der Waals surface area contributed by atoms with E-state index < -0.39 is 5.41 Å². The number of rotatable bonds is 3. The lowest BCUT2D eigenvalue weighted by Crippen LogP contribution is -2.32. The van der Waals surface area contributed by atoms with E-state index in [1.54, 1.807) is 0 Å². The molecule has 0 bridgehead atoms. The van der Waals surface area contributed by atoms with Crippen LogP contribution < -0.4 is 4.74 Å². The van der Waals surface area contributed by atoms with Crippen LogP contribution in [0.15, 0.2) is 164 Å². The van der Waals surface area contributed by atoms with Crippen LogP contribution in [0.3, 0.4) is 0 Å². The number of aromatic nitrogens is 2. The van der Waals surface area contributed by atoms with Gasteiger partial charge in [-0.3, -0.25) is 4.57 Å². The van der Waals surface area contributed by atoms with Crippen LogP contribution in [0.2, 0.25) is 0 Å². The molecule has 228 valence electrons. The fraction of sp³-hybridized carbons (Fsp3) is 0.0222. The number of nitrogens with zero attached hydrogens (tertiary/aromatic N) is 3. The standard InChI is InChI=1S/C45H27N3O/c46-28-29-21-23-30(24-22-29)32-25-26-34-33(27-32)43-37(45(34)35-13-4-8-19-41(35)49-42-20-9-5-14-36(42)45)15-10-18-40(43)48-39-17-7-6-16-38(39)47-44(48)31-11-2-1-3-12-31/h1-27H. The first-order chi connectivity index (χ1) is 24.3. The number of benzene rings is 7. The van der Waals surface area contributed by atoms with Crippen LogP contribution in [0.5, 0.6) is 11.5 Å². The molecule has 1 spiro atoms. The summed E-state index contributed by atoms with van der Waals surface area (Å²) in [7, 11) is 0. The number of fused-ring (bicyclic) bond motifs is 10. The van der Waals surface area contributed by atoms with Gasteiger partial charge in [-0.25, -0.2) is 4.98 Å². The van der Waals surface area contributed by atoms with Gasteiger partial charge in [0.05, 0.1) is 33.8 Å². The highest BCUT2D eigenvalue weighted by Gasteiger charge is 2.52. The number of para-hydroxylation sites is 4. The fourth-order valence-electron chi connectivity index (χ4n) is 8.09. The van der Waals surface area contributed by atoms with Crippen molar-refractivity contribution in [3.8, 4) is 56.9 Å². The Balaban J connectivity index is 1.35. The van der Waals surface area contributed by atoms with Gasteiger partial charge in [-0.2, -0.15) is 5.26 Å². The first-order valence-corrected chi connectivity index (χ1v) is 16.4. The summed E-state index contributed by atoms with van der Waals surface area (Å²) >= 11 is 0. The number of imidazole rings is 1. The Morgan fingerprint density at radius 3 is 1.96 bits per heavy atom. The summed E-state index contributed by atoms with van der Waals surface area (Å²) in [5, 5.41) is 9.47. The number of ether oxygens (including phenoxy) is 1. The second kappa shape index (κ2) is 10.4. The Bertz CT molecular complexity index is 2600. The van der Waals surface area contributed by atoms with Crippen molar-refractivity contribution in [2.24, 2.45) is 0 Å². The third kappa shape index (κ3) is 3.82. The maximum atomic E-state index is 9.47. The first-order valence-electron chi connectivity index (χ1n) is 16.4. The molecule has 8 aromatic rings. The van der Waals surface area contributed by atoms with E-state index in [1.807, 2.05) is 48.5 Å². The van der Waals surface area contributed by atoms with Crippen LogP contribution in [0, 0.1) is 11.3 Å². The van der Waals surface area contributed by atoms with Crippen molar-refractivity contribution >= 4 is 11.0 Å². The Morgan fingerprint density at radius 2 is 1.20 bits per heavy atom. The van der Waals surface area contributed by atoms with Crippen molar-refractivity contribution in [3.05, 3.63) is 192 Å². The molecule has 0 saturated carbocycles. The van der Waals surface area contributed by atoms with Crippen LogP contribution in [-0.2, 0) is 5.41 Å². The van der Waals surface area contributed by atoms with Gasteiger partial charge in [0, 0.05) is 22.3 Å². The predicted octanol–water partition coefficient (Wildman–Crippen LogP) is 10.7. The summed E-state index contributed by atoms with van der Waals surface area (Å²) in [6.07, 6.45) is 0. The minimum Gasteiger partial charge on any atom is -0.457 e. The topological polar surface area (TPSA) is 50.8 Å². The molecule has 0 amide bonds. The van der Waals surface area contributed by atoms with Gasteiger partial charge in [-0.15, -0.1) is 0 Å². The molecule has 49 heavy (non-hydrogen) atoms. The molecular formula is C45H27N3O. The van der Waals surface area contributed by atoms with Crippen molar-refractivity contribution in [2.45, 2.75) is 5.41 Å². The largest absolute Gasteiger partial charge is 0.457 e. The summed E-state index contributed by atoms with van der Waals surface area (Å²) in [6, 6.07) is 59.4. The van der Waals surface area contributed by atoms with Crippen molar-refractivity contribution in [1.82, 2.24) is 9.55 Å². The fourth-order valence-corrected chi connectivity index (χ4v) is 8.09. The lowest BCUT2D eigenvalue weighted by Gasteiger charge is -2.39. The van der Waals surface area contributed by atoms with Crippen molar-refractivity contribution in [1.29, 1.82) is 5.26 Å². The zero-order chi connectivity index (χ0) is 32.5. The molecule has 0 N–H and O–H groups in total. The van der Waals surface area contributed by atoms with Crippen molar-refractivity contribution in [2.75, 3.05) is 0 Å². The summed E-state index contributed by atoms with van der Waals surface area (Å²) in [5.74, 6) is 2.62. The predicted molar refractivity (Wildman–Crippen MR) is 194 cm³/mol. The second-order valence-electron chi connectivity index (χ2n) is 12.6. The quantitative estimate of drug-likeness (QED) is 0.196. The average molecular weight is 626 g/mol. The molecule has 0 atom stereocenters. The van der Waals surface area contributed by atoms with Gasteiger partial charge in [-0.05, 0) is 76.3 Å². The highest BCUT2D eigenvalue weighted by molar-refractivity contribution is 5.96. The monoisotopic (exact) mass is 625 g/mol. The summed E-state index contributed by atoms with van der Waals surface area (Å²) in [6.45, 7) is 0. The lowest BCUT2D eigenvalue weighted by atomic mass is 9.66. The Kier molecular flexibility index (Phi) is 5.82. The van der Waals surface area contributed by atoms with E-state index in [0.717, 1.165) is 67.4 Å². The molecule has 1 aliphatic carbocycles. The maximum Gasteiger partial charge on any atom is 0.145 e. The van der Waals surface area contributed by atoms with Gasteiger partial charge in [-0.1, -0.05) is 115 Å². The van der Waals surface area contributed by atoms with Crippen molar-refractivity contribution < 1.29 is 4.74 Å². The number of nitriles is 1. The Labute approximate surface area is 283 Å². The van der Waals surface area contributed by atoms with Gasteiger partial charge < -0.3 is 4.74 Å². The molecule has 4 heteroatoms. The minimum atomic E-state index is -0.612. The van der Waals surface area contributed by atoms with E-state index in [1.165, 1.54) is 16.7 Å². The summed E-state index contributed by atoms with van der Waals surface area (Å²) in [4.78, 5) is 5.21. The maximum absolute atomic E-state index is 9.47. The van der Waals surface area contributed by atoms with Crippen LogP contribution >= 0.6 is 0 Å². The highest BCUT2D eigenvalue weighted by atomic mass is 16.5. The Hall–Kier alpha value is -6.70. The third-order valence-corrected chi connectivity index (χ3v) is 10.1. The molecule has 1 aromatic heterocycles. The molecule has 4 nitrogen and oxygen atoms in total. The molecule has 0 unspecified atom stereocenters. The molecule has 2 aliphatic rings. The van der Waals surface area contributed by atoms with Gasteiger partial charge >= 0.3 is 0 Å². The van der Waals surface area contributed by atoms with Crippen LogP contribution in [-0.4, -0.2) is 9.55 Å². The number of hydrogen-bond donors (Lipinski definition) is 0. The smallest absolute Gasteiger partial charge is 0.145 e. The van der Waals surface area contributed by atoms with Crippen LogP contribution in [0.25, 0.3) is 50.4 Å². The summed E-state index contributed by atoms with van der Waals surface area (Å²) < 4.78 is 8.94. The van der Waals surface area contributed by atoms with Gasteiger partial charge in [0.15, 0.2) is 0 Å². The van der Waals surface area contributed by atoms with Gasteiger partial charge in [0.25, 0.3) is 0 Å². The van der Waals surface area contributed by atoms with E-state index in [2.05, 4.69) is 126 Å². The third-order valence-electron chi connectivity index (χ3n) is 10.1. The van der Waals surface area contributed by atoms with E-state index in [-0.39, 0.29) is 0 Å². The van der Waals surface area contributed by atoms with Crippen LogP contribution in [0.1, 0.15) is 27.8 Å². The zero-order valence-electron chi connectivity index (χ0n) is 26.3. The second-order valence-corrected chi connectivity index (χ2v) is 12.6. The molecule has 0 saturated heterocycles. The van der Waals surface area contributed by atoms with E-state index in [4.69, 9.17) is 9.72 Å². The first kappa shape index (κ1) is 27.4. The van der Waals surface area contributed by atoms with Gasteiger partial charge in [0.2, 0.25) is 0 Å². The molecule has 0 radical (unpaired) electrons.